The highest BCUT2D eigenvalue weighted by atomic mass is 32.2. The minimum absolute atomic E-state index is 0.0724. The largest absolute Gasteiger partial charge is 0.358 e. The van der Waals surface area contributed by atoms with Crippen molar-refractivity contribution in [1.29, 1.82) is 5.26 Å². The van der Waals surface area contributed by atoms with Gasteiger partial charge in [-0.2, -0.15) is 13.7 Å². The van der Waals surface area contributed by atoms with Crippen molar-refractivity contribution in [2.75, 3.05) is 0 Å². The molecule has 2 saturated carbocycles. The molecule has 0 N–H and O–H groups in total. The van der Waals surface area contributed by atoms with Crippen LogP contribution in [0.3, 0.4) is 0 Å². The highest BCUT2D eigenvalue weighted by Gasteiger charge is 2.75. The van der Waals surface area contributed by atoms with Crippen LogP contribution in [0.4, 0.5) is 0 Å². The molecule has 33 heavy (non-hydrogen) atoms. The second-order valence-electron chi connectivity index (χ2n) is 10.5. The van der Waals surface area contributed by atoms with Gasteiger partial charge in [0.1, 0.15) is 11.4 Å². The molecule has 4 rings (SSSR count). The summed E-state index contributed by atoms with van der Waals surface area (Å²) in [6, 6.07) is 8.77. The minimum atomic E-state index is -4.06. The van der Waals surface area contributed by atoms with E-state index >= 15 is 0 Å². The van der Waals surface area contributed by atoms with Gasteiger partial charge in [-0.25, -0.2) is 0 Å². The van der Waals surface area contributed by atoms with Crippen LogP contribution < -0.4 is 0 Å². The monoisotopic (exact) mass is 471 g/mol. The molecule has 1 heterocycles. The lowest BCUT2D eigenvalue weighted by Gasteiger charge is -2.53. The van der Waals surface area contributed by atoms with Gasteiger partial charge in [-0.15, -0.1) is 6.58 Å². The summed E-state index contributed by atoms with van der Waals surface area (Å²) in [5, 5.41) is 10.0. The fraction of sp³-hybridized carbons (Fsp3) is 0.615. The summed E-state index contributed by atoms with van der Waals surface area (Å²) in [6.07, 6.45) is 3.43. The molecule has 0 amide bonds. The Hall–Kier alpha value is -2.01. The van der Waals surface area contributed by atoms with E-state index in [0.29, 0.717) is 6.42 Å². The Bertz CT molecular complexity index is 1110. The Morgan fingerprint density at radius 3 is 2.58 bits per heavy atom. The van der Waals surface area contributed by atoms with Gasteiger partial charge in [0.15, 0.2) is 6.10 Å². The number of aryl methyl sites for hydroxylation is 1. The summed E-state index contributed by atoms with van der Waals surface area (Å²) in [7, 11) is -4.06. The Morgan fingerprint density at radius 2 is 1.97 bits per heavy atom. The molecular weight excluding hydrogens is 438 g/mol. The van der Waals surface area contributed by atoms with Gasteiger partial charge in [-0.05, 0) is 57.1 Å². The molecule has 178 valence electrons. The lowest BCUT2D eigenvalue weighted by Crippen LogP contribution is -2.58. The van der Waals surface area contributed by atoms with Crippen LogP contribution in [0.25, 0.3) is 0 Å². The van der Waals surface area contributed by atoms with Gasteiger partial charge in [-0.3, -0.25) is 8.98 Å². The third-order valence-corrected chi connectivity index (χ3v) is 10.3. The van der Waals surface area contributed by atoms with Crippen LogP contribution in [0.2, 0.25) is 0 Å². The summed E-state index contributed by atoms with van der Waals surface area (Å²) in [4.78, 5) is 13.4. The van der Waals surface area contributed by atoms with E-state index in [0.717, 1.165) is 24.8 Å². The zero-order valence-electron chi connectivity index (χ0n) is 19.8. The van der Waals surface area contributed by atoms with Crippen molar-refractivity contribution < 1.29 is 22.1 Å². The molecular formula is C26H33NO5S. The third-order valence-electron chi connectivity index (χ3n) is 8.82. The van der Waals surface area contributed by atoms with Crippen LogP contribution in [0.15, 0.2) is 41.8 Å². The fourth-order valence-electron chi connectivity index (χ4n) is 6.79. The summed E-state index contributed by atoms with van der Waals surface area (Å²) in [5.41, 5.74) is -1.76. The molecule has 1 saturated heterocycles. The number of rotatable bonds is 6. The molecule has 1 aromatic carbocycles. The molecule has 0 unspecified atom stereocenters. The van der Waals surface area contributed by atoms with Gasteiger partial charge in [0, 0.05) is 18.3 Å². The Kier molecular flexibility index (Phi) is 5.88. The minimum Gasteiger partial charge on any atom is -0.358 e. The molecule has 1 aliphatic heterocycles. The lowest BCUT2D eigenvalue weighted by molar-refractivity contribution is -0.143. The first kappa shape index (κ1) is 24.1. The number of nitriles is 1. The summed E-state index contributed by atoms with van der Waals surface area (Å²) < 4.78 is 38.2. The Labute approximate surface area is 197 Å². The average molecular weight is 472 g/mol. The lowest BCUT2D eigenvalue weighted by atomic mass is 9.46. The molecule has 2 aliphatic carbocycles. The molecule has 7 atom stereocenters. The van der Waals surface area contributed by atoms with Crippen LogP contribution in [-0.2, 0) is 23.8 Å². The number of ketones is 1. The van der Waals surface area contributed by atoms with E-state index in [4.69, 9.17) is 8.92 Å². The van der Waals surface area contributed by atoms with E-state index in [1.807, 2.05) is 6.92 Å². The number of carbonyl (C=O) groups is 1. The molecule has 6 nitrogen and oxygen atoms in total. The predicted octanol–water partition coefficient (Wildman–Crippen LogP) is 4.73. The molecule has 3 fully saturated rings. The van der Waals surface area contributed by atoms with Crippen molar-refractivity contribution in [2.24, 2.45) is 22.7 Å². The van der Waals surface area contributed by atoms with Gasteiger partial charge >= 0.3 is 0 Å². The second-order valence-corrected chi connectivity index (χ2v) is 12.0. The van der Waals surface area contributed by atoms with Crippen LogP contribution in [-0.4, -0.2) is 32.0 Å². The van der Waals surface area contributed by atoms with Crippen LogP contribution >= 0.6 is 0 Å². The number of ether oxygens (including phenoxy) is 1. The van der Waals surface area contributed by atoms with Crippen molar-refractivity contribution in [1.82, 2.24) is 0 Å². The zero-order valence-corrected chi connectivity index (χ0v) is 20.7. The van der Waals surface area contributed by atoms with Crippen molar-refractivity contribution >= 4 is 15.9 Å². The van der Waals surface area contributed by atoms with Gasteiger partial charge < -0.3 is 4.74 Å². The van der Waals surface area contributed by atoms with Gasteiger partial charge in [0.05, 0.1) is 22.5 Å². The van der Waals surface area contributed by atoms with Gasteiger partial charge in [-0.1, -0.05) is 37.6 Å². The molecule has 7 heteroatoms. The number of benzene rings is 1. The standard InChI is InChI=1S/C26H33NO5S/c1-6-24(4,32-33(29,30)20-12-7-17(2)8-13-20)15-22-25(5)18(3)9-10-19-11-14-21(28)26(19,25)23(16-27)31-22/h6-8,12-13,18-19,22-23H,1,9-11,14-15H2,2-5H3/t18-,19+,22+,23+,24-,25+,26+/m1/s1. The number of Topliss-reactive ketones (excluding diaryl/α,β-unsaturated/α-hetero) is 1. The number of carbonyl (C=O) groups excluding carboxylic acids is 1. The average Bonchev–Trinajstić information content (AvgIpc) is 3.24. The smallest absolute Gasteiger partial charge is 0.297 e. The van der Waals surface area contributed by atoms with E-state index in [2.05, 4.69) is 26.5 Å². The van der Waals surface area contributed by atoms with Crippen molar-refractivity contribution in [3.63, 3.8) is 0 Å². The van der Waals surface area contributed by atoms with Crippen molar-refractivity contribution in [2.45, 2.75) is 82.5 Å². The number of hydrogen-bond acceptors (Lipinski definition) is 6. The first-order valence-electron chi connectivity index (χ1n) is 11.7. The molecule has 0 radical (unpaired) electrons. The summed E-state index contributed by atoms with van der Waals surface area (Å²) in [6.45, 7) is 11.6. The number of nitrogens with zero attached hydrogens (tertiary/aromatic N) is 1. The maximum absolute atomic E-state index is 13.4. The van der Waals surface area contributed by atoms with Crippen LogP contribution in [0.5, 0.6) is 0 Å². The number of hydrogen-bond donors (Lipinski definition) is 0. The predicted molar refractivity (Wildman–Crippen MR) is 124 cm³/mol. The van der Waals surface area contributed by atoms with Crippen LogP contribution in [0.1, 0.15) is 58.4 Å². The van der Waals surface area contributed by atoms with Gasteiger partial charge in [0.2, 0.25) is 0 Å². The quantitative estimate of drug-likeness (QED) is 0.440. The third kappa shape index (κ3) is 3.41. The summed E-state index contributed by atoms with van der Waals surface area (Å²) in [5.74, 6) is 0.374. The van der Waals surface area contributed by atoms with Crippen molar-refractivity contribution in [3.05, 3.63) is 42.5 Å². The van der Waals surface area contributed by atoms with E-state index < -0.39 is 38.8 Å². The van der Waals surface area contributed by atoms with Gasteiger partial charge in [0.25, 0.3) is 10.1 Å². The molecule has 0 bridgehead atoms. The first-order valence-corrected chi connectivity index (χ1v) is 13.1. The van der Waals surface area contributed by atoms with Crippen LogP contribution in [0, 0.1) is 40.9 Å². The second kappa shape index (κ2) is 8.04. The SMILES string of the molecule is C=C[C@](C)(C[C@@H]1O[C@@H](C#N)[C@@]23C(=O)CC[C@@H]2CC[C@@H](C)[C@@]13C)OS(=O)(=O)c1ccc(C)cc1. The van der Waals surface area contributed by atoms with Crippen molar-refractivity contribution in [3.8, 4) is 6.07 Å². The van der Waals surface area contributed by atoms with E-state index in [1.165, 1.54) is 18.2 Å². The Balaban J connectivity index is 1.70. The normalized spacial score (nSPS) is 37.6. The topological polar surface area (TPSA) is 93.5 Å². The highest BCUT2D eigenvalue weighted by molar-refractivity contribution is 7.86. The molecule has 1 aromatic rings. The zero-order chi connectivity index (χ0) is 24.2. The molecule has 1 spiro atoms. The van der Waals surface area contributed by atoms with E-state index in [-0.39, 0.29) is 28.9 Å². The highest BCUT2D eigenvalue weighted by Crippen LogP contribution is 2.69. The maximum Gasteiger partial charge on any atom is 0.297 e. The first-order chi connectivity index (χ1) is 15.4. The fourth-order valence-corrected chi connectivity index (χ4v) is 8.00. The van der Waals surface area contributed by atoms with E-state index in [9.17, 15) is 18.5 Å². The van der Waals surface area contributed by atoms with E-state index in [1.54, 1.807) is 19.1 Å². The molecule has 3 aliphatic rings. The Morgan fingerprint density at radius 1 is 1.30 bits per heavy atom. The summed E-state index contributed by atoms with van der Waals surface area (Å²) >= 11 is 0. The molecule has 0 aromatic heterocycles. The maximum atomic E-state index is 13.4.